The van der Waals surface area contributed by atoms with Gasteiger partial charge in [-0.2, -0.15) is 5.26 Å². The molecule has 0 radical (unpaired) electrons. The average molecular weight is 373 g/mol. The van der Waals surface area contributed by atoms with Crippen LogP contribution in [0.5, 0.6) is 0 Å². The molecule has 0 saturated heterocycles. The van der Waals surface area contributed by atoms with Gasteiger partial charge in [-0.25, -0.2) is 4.39 Å². The predicted molar refractivity (Wildman–Crippen MR) is 56.5 cm³/mol. The first-order valence-corrected chi connectivity index (χ1v) is 4.86. The summed E-state index contributed by atoms with van der Waals surface area (Å²) in [6.45, 7) is 0. The first-order valence-electron chi connectivity index (χ1n) is 2.70. The molecule has 1 rings (SSSR count). The first-order chi connectivity index (χ1) is 5.16. The summed E-state index contributed by atoms with van der Waals surface area (Å²) in [5, 5.41) is 8.53. The lowest BCUT2D eigenvalue weighted by molar-refractivity contribution is 0.615. The van der Waals surface area contributed by atoms with Crippen molar-refractivity contribution in [3.05, 3.63) is 30.7 Å². The molecule has 0 unspecified atom stereocenters. The van der Waals surface area contributed by atoms with E-state index >= 15 is 0 Å². The van der Waals surface area contributed by atoms with E-state index in [2.05, 4.69) is 0 Å². The highest BCUT2D eigenvalue weighted by Gasteiger charge is 2.08. The van der Waals surface area contributed by atoms with Crippen molar-refractivity contribution in [1.82, 2.24) is 0 Å². The zero-order valence-corrected chi connectivity index (χ0v) is 9.55. The third-order valence-corrected chi connectivity index (χ3v) is 2.89. The molecule has 0 aromatic heterocycles. The Morgan fingerprint density at radius 3 is 2.27 bits per heavy atom. The van der Waals surface area contributed by atoms with Crippen molar-refractivity contribution in [1.29, 1.82) is 5.26 Å². The van der Waals surface area contributed by atoms with E-state index in [9.17, 15) is 4.39 Å². The highest BCUT2D eigenvalue weighted by molar-refractivity contribution is 14.1. The van der Waals surface area contributed by atoms with Gasteiger partial charge >= 0.3 is 0 Å². The molecule has 0 bridgehead atoms. The molecule has 0 N–H and O–H groups in total. The second kappa shape index (κ2) is 3.67. The van der Waals surface area contributed by atoms with Crippen LogP contribution in [-0.2, 0) is 0 Å². The maximum Gasteiger partial charge on any atom is 0.155 e. The van der Waals surface area contributed by atoms with E-state index < -0.39 is 5.82 Å². The summed E-state index contributed by atoms with van der Waals surface area (Å²) in [7, 11) is 0. The van der Waals surface area contributed by atoms with E-state index in [1.165, 1.54) is 0 Å². The normalized spacial score (nSPS) is 9.27. The minimum absolute atomic E-state index is 0.137. The summed E-state index contributed by atoms with van der Waals surface area (Å²) in [6, 6.07) is 5.19. The number of benzene rings is 1. The van der Waals surface area contributed by atoms with E-state index in [1.807, 2.05) is 51.3 Å². The van der Waals surface area contributed by atoms with E-state index in [0.29, 0.717) is 7.14 Å². The van der Waals surface area contributed by atoms with Crippen molar-refractivity contribution in [3.63, 3.8) is 0 Å². The van der Waals surface area contributed by atoms with Crippen LogP contribution in [0.15, 0.2) is 12.1 Å². The van der Waals surface area contributed by atoms with Gasteiger partial charge in [0.2, 0.25) is 0 Å². The van der Waals surface area contributed by atoms with Crippen molar-refractivity contribution >= 4 is 45.2 Å². The summed E-state index contributed by atoms with van der Waals surface area (Å²) in [5.74, 6) is -0.417. The fraction of sp³-hybridized carbons (Fsp3) is 0. The van der Waals surface area contributed by atoms with Crippen molar-refractivity contribution in [2.75, 3.05) is 0 Å². The van der Waals surface area contributed by atoms with Crippen LogP contribution in [0.1, 0.15) is 5.56 Å². The third-order valence-electron chi connectivity index (χ3n) is 1.16. The fourth-order valence-electron chi connectivity index (χ4n) is 0.630. The number of nitriles is 1. The summed E-state index contributed by atoms with van der Waals surface area (Å²) >= 11 is 3.80. The van der Waals surface area contributed by atoms with Gasteiger partial charge in [0, 0.05) is 3.57 Å². The van der Waals surface area contributed by atoms with Crippen molar-refractivity contribution in [2.24, 2.45) is 0 Å². The average Bonchev–Trinajstić information content (AvgIpc) is 1.99. The molecular formula is C7H2FI2N. The van der Waals surface area contributed by atoms with E-state index in [4.69, 9.17) is 5.26 Å². The molecule has 0 aliphatic rings. The molecule has 0 saturated carbocycles. The Balaban J connectivity index is 3.44. The number of nitrogens with zero attached hydrogens (tertiary/aromatic N) is 1. The molecule has 0 heterocycles. The molecule has 1 nitrogen and oxygen atoms in total. The van der Waals surface area contributed by atoms with Crippen LogP contribution in [-0.4, -0.2) is 0 Å². The van der Waals surface area contributed by atoms with Crippen LogP contribution < -0.4 is 0 Å². The second-order valence-electron chi connectivity index (χ2n) is 1.83. The number of hydrogen-bond acceptors (Lipinski definition) is 1. The molecule has 1 aromatic rings. The van der Waals surface area contributed by atoms with E-state index in [-0.39, 0.29) is 5.56 Å². The molecule has 0 fully saturated rings. The van der Waals surface area contributed by atoms with Gasteiger partial charge in [-0.3, -0.25) is 0 Å². The minimum Gasteiger partial charge on any atom is -0.204 e. The predicted octanol–water partition coefficient (Wildman–Crippen LogP) is 2.91. The topological polar surface area (TPSA) is 23.8 Å². The zero-order valence-electron chi connectivity index (χ0n) is 5.24. The molecule has 0 atom stereocenters. The van der Waals surface area contributed by atoms with Crippen LogP contribution in [0.2, 0.25) is 0 Å². The van der Waals surface area contributed by atoms with Gasteiger partial charge in [0.25, 0.3) is 0 Å². The van der Waals surface area contributed by atoms with Crippen molar-refractivity contribution in [2.45, 2.75) is 0 Å². The molecular weight excluding hydrogens is 371 g/mol. The Morgan fingerprint density at radius 2 is 1.82 bits per heavy atom. The molecule has 0 amide bonds. The maximum absolute atomic E-state index is 13.0. The Morgan fingerprint density at radius 1 is 1.27 bits per heavy atom. The van der Waals surface area contributed by atoms with Crippen LogP contribution >= 0.6 is 45.2 Å². The smallest absolute Gasteiger partial charge is 0.155 e. The first kappa shape index (κ1) is 9.19. The van der Waals surface area contributed by atoms with Crippen LogP contribution in [0.4, 0.5) is 4.39 Å². The highest BCUT2D eigenvalue weighted by Crippen LogP contribution is 2.19. The Labute approximate surface area is 90.9 Å². The number of halogens is 3. The van der Waals surface area contributed by atoms with Crippen LogP contribution in [0.25, 0.3) is 0 Å². The van der Waals surface area contributed by atoms with Gasteiger partial charge in [0.1, 0.15) is 11.6 Å². The van der Waals surface area contributed by atoms with Crippen LogP contribution in [0.3, 0.4) is 0 Å². The summed E-state index contributed by atoms with van der Waals surface area (Å²) < 4.78 is 14.2. The molecule has 11 heavy (non-hydrogen) atoms. The van der Waals surface area contributed by atoms with Gasteiger partial charge in [0.05, 0.1) is 3.57 Å². The lowest BCUT2D eigenvalue weighted by Crippen LogP contribution is -1.91. The molecule has 0 aliphatic carbocycles. The Kier molecular flexibility index (Phi) is 3.06. The molecule has 4 heteroatoms. The summed E-state index contributed by atoms with van der Waals surface area (Å²) in [5.41, 5.74) is 0.137. The monoisotopic (exact) mass is 373 g/mol. The van der Waals surface area contributed by atoms with Crippen molar-refractivity contribution < 1.29 is 4.39 Å². The summed E-state index contributed by atoms with van der Waals surface area (Å²) in [6.07, 6.45) is 0. The molecule has 0 spiro atoms. The van der Waals surface area contributed by atoms with E-state index in [0.717, 1.165) is 0 Å². The van der Waals surface area contributed by atoms with Gasteiger partial charge in [-0.1, -0.05) is 0 Å². The molecule has 56 valence electrons. The zero-order chi connectivity index (χ0) is 8.43. The third kappa shape index (κ3) is 1.82. The highest BCUT2D eigenvalue weighted by atomic mass is 127. The lowest BCUT2D eigenvalue weighted by atomic mass is 10.2. The Hall–Kier alpha value is 0.1000. The van der Waals surface area contributed by atoms with Gasteiger partial charge < -0.3 is 0 Å². The number of hydrogen-bond donors (Lipinski definition) is 0. The standard InChI is InChI=1S/C7H2FI2N/c8-7-4(3-11)5(9)1-2-6(7)10/h1-2H. The summed E-state index contributed by atoms with van der Waals surface area (Å²) in [4.78, 5) is 0. The van der Waals surface area contributed by atoms with E-state index in [1.54, 1.807) is 12.1 Å². The number of rotatable bonds is 0. The second-order valence-corrected chi connectivity index (χ2v) is 4.15. The van der Waals surface area contributed by atoms with Gasteiger partial charge in [0.15, 0.2) is 5.82 Å². The minimum atomic E-state index is -0.417. The van der Waals surface area contributed by atoms with Gasteiger partial charge in [-0.15, -0.1) is 0 Å². The molecule has 0 aliphatic heterocycles. The van der Waals surface area contributed by atoms with Crippen LogP contribution in [0, 0.1) is 24.3 Å². The largest absolute Gasteiger partial charge is 0.204 e. The fourth-order valence-corrected chi connectivity index (χ4v) is 1.62. The molecule has 1 aromatic carbocycles. The van der Waals surface area contributed by atoms with Gasteiger partial charge in [-0.05, 0) is 57.3 Å². The lowest BCUT2D eigenvalue weighted by Gasteiger charge is -1.97. The Bertz CT molecular complexity index is 330. The SMILES string of the molecule is N#Cc1c(I)ccc(I)c1F. The van der Waals surface area contributed by atoms with Crippen molar-refractivity contribution in [3.8, 4) is 6.07 Å². The quantitative estimate of drug-likeness (QED) is 0.507. The maximum atomic E-state index is 13.0.